The van der Waals surface area contributed by atoms with E-state index in [-0.39, 0.29) is 5.91 Å². The molecule has 8 heteroatoms. The van der Waals surface area contributed by atoms with Gasteiger partial charge in [0.05, 0.1) is 0 Å². The van der Waals surface area contributed by atoms with Gasteiger partial charge >= 0.3 is 0 Å². The predicted molar refractivity (Wildman–Crippen MR) is 99.9 cm³/mol. The molecule has 0 aliphatic carbocycles. The molecule has 1 aliphatic heterocycles. The lowest BCUT2D eigenvalue weighted by atomic mass is 10.1. The first kappa shape index (κ1) is 16.9. The van der Waals surface area contributed by atoms with Crippen molar-refractivity contribution in [2.75, 3.05) is 26.2 Å². The zero-order chi connectivity index (χ0) is 17.9. The molecular weight excluding hydrogens is 348 g/mol. The number of hydrogen-bond donors (Lipinski definition) is 1. The second-order valence-corrected chi connectivity index (χ2v) is 7.46. The van der Waals surface area contributed by atoms with Crippen LogP contribution in [-0.4, -0.2) is 62.1 Å². The van der Waals surface area contributed by atoms with E-state index in [1.54, 1.807) is 11.3 Å². The normalized spacial score (nSPS) is 15.3. The fraction of sp³-hybridized carbons (Fsp3) is 0.333. The highest BCUT2D eigenvalue weighted by atomic mass is 32.1. The average molecular weight is 368 g/mol. The van der Waals surface area contributed by atoms with Crippen LogP contribution in [0.4, 0.5) is 0 Å². The molecule has 1 aliphatic rings. The topological polar surface area (TPSA) is 78.0 Å². The first-order chi connectivity index (χ1) is 12.7. The third kappa shape index (κ3) is 3.51. The number of aromatic nitrogens is 4. The number of piperazine rings is 1. The van der Waals surface area contributed by atoms with Crippen molar-refractivity contribution in [3.8, 4) is 10.6 Å². The number of benzene rings is 1. The zero-order valence-corrected chi connectivity index (χ0v) is 15.4. The van der Waals surface area contributed by atoms with E-state index >= 15 is 0 Å². The Kier molecular flexibility index (Phi) is 4.77. The summed E-state index contributed by atoms with van der Waals surface area (Å²) in [5.41, 5.74) is 2.44. The highest BCUT2D eigenvalue weighted by molar-refractivity contribution is 7.15. The van der Waals surface area contributed by atoms with Gasteiger partial charge in [0.15, 0.2) is 0 Å². The van der Waals surface area contributed by atoms with Crippen LogP contribution in [0.3, 0.4) is 0 Å². The molecular formula is C18H20N6OS. The summed E-state index contributed by atoms with van der Waals surface area (Å²) in [6, 6.07) is 8.33. The number of hydrogen-bond acceptors (Lipinski definition) is 6. The molecule has 3 heterocycles. The van der Waals surface area contributed by atoms with E-state index in [1.807, 2.05) is 23.2 Å². The van der Waals surface area contributed by atoms with E-state index in [0.29, 0.717) is 18.9 Å². The number of thiazole rings is 1. The SMILES string of the molecule is Cc1ccccc1-c1ncc(CN2CCN(C(=O)c3ncn[nH]3)CC2)s1. The smallest absolute Gasteiger partial charge is 0.291 e. The number of nitrogens with one attached hydrogen (secondary N) is 1. The summed E-state index contributed by atoms with van der Waals surface area (Å²) in [5.74, 6) is 0.227. The second kappa shape index (κ2) is 7.35. The standard InChI is InChI=1S/C18H20N6OS/c1-13-4-2-3-5-15(13)17-19-10-14(26-17)11-23-6-8-24(9-7-23)18(25)16-20-12-21-22-16/h2-5,10,12H,6-9,11H2,1H3,(H,20,21,22). The predicted octanol–water partition coefficient (Wildman–Crippen LogP) is 2.19. The first-order valence-electron chi connectivity index (χ1n) is 8.58. The van der Waals surface area contributed by atoms with Gasteiger partial charge in [-0.25, -0.2) is 9.97 Å². The molecule has 0 saturated carbocycles. The maximum atomic E-state index is 12.3. The number of aryl methyl sites for hydroxylation is 1. The molecule has 134 valence electrons. The number of amides is 1. The second-order valence-electron chi connectivity index (χ2n) is 6.35. The van der Waals surface area contributed by atoms with E-state index in [9.17, 15) is 4.79 Å². The fourth-order valence-corrected chi connectivity index (χ4v) is 4.15. The Labute approximate surface area is 155 Å². The molecule has 0 atom stereocenters. The third-order valence-electron chi connectivity index (χ3n) is 4.59. The molecule has 4 rings (SSSR count). The minimum atomic E-state index is -0.0817. The molecule has 26 heavy (non-hydrogen) atoms. The van der Waals surface area contributed by atoms with E-state index in [0.717, 1.165) is 24.6 Å². The molecule has 1 N–H and O–H groups in total. The van der Waals surface area contributed by atoms with Gasteiger partial charge in [-0.1, -0.05) is 24.3 Å². The Bertz CT molecular complexity index is 883. The summed E-state index contributed by atoms with van der Waals surface area (Å²) in [4.78, 5) is 26.3. The summed E-state index contributed by atoms with van der Waals surface area (Å²) in [7, 11) is 0. The summed E-state index contributed by atoms with van der Waals surface area (Å²) in [5, 5.41) is 7.45. The Morgan fingerprint density at radius 2 is 2.00 bits per heavy atom. The number of nitrogens with zero attached hydrogens (tertiary/aromatic N) is 5. The first-order valence-corrected chi connectivity index (χ1v) is 9.40. The number of carbonyl (C=O) groups is 1. The lowest BCUT2D eigenvalue weighted by Crippen LogP contribution is -2.48. The number of H-pyrrole nitrogens is 1. The quantitative estimate of drug-likeness (QED) is 0.764. The van der Waals surface area contributed by atoms with Crippen molar-refractivity contribution in [2.45, 2.75) is 13.5 Å². The maximum Gasteiger partial charge on any atom is 0.291 e. The van der Waals surface area contributed by atoms with Crippen LogP contribution in [0.15, 0.2) is 36.8 Å². The Morgan fingerprint density at radius 1 is 1.19 bits per heavy atom. The molecule has 1 amide bonds. The van der Waals surface area contributed by atoms with Gasteiger partial charge in [-0.05, 0) is 12.5 Å². The molecule has 0 spiro atoms. The van der Waals surface area contributed by atoms with Crippen molar-refractivity contribution in [2.24, 2.45) is 0 Å². The van der Waals surface area contributed by atoms with Crippen molar-refractivity contribution in [1.29, 1.82) is 0 Å². The molecule has 0 unspecified atom stereocenters. The molecule has 3 aromatic rings. The van der Waals surface area contributed by atoms with Gasteiger partial charge < -0.3 is 4.90 Å². The Balaban J connectivity index is 1.35. The Hall–Kier alpha value is -2.58. The van der Waals surface area contributed by atoms with Crippen LogP contribution in [0.2, 0.25) is 0 Å². The lowest BCUT2D eigenvalue weighted by Gasteiger charge is -2.33. The van der Waals surface area contributed by atoms with Gasteiger partial charge in [-0.3, -0.25) is 14.8 Å². The molecule has 1 aromatic carbocycles. The minimum absolute atomic E-state index is 0.0817. The lowest BCUT2D eigenvalue weighted by molar-refractivity contribution is 0.0618. The molecule has 0 radical (unpaired) electrons. The van der Waals surface area contributed by atoms with Gasteiger partial charge in [-0.2, -0.15) is 5.10 Å². The summed E-state index contributed by atoms with van der Waals surface area (Å²) < 4.78 is 0. The number of aromatic amines is 1. The monoisotopic (exact) mass is 368 g/mol. The van der Waals surface area contributed by atoms with E-state index in [1.165, 1.54) is 22.3 Å². The van der Waals surface area contributed by atoms with Crippen LogP contribution < -0.4 is 0 Å². The largest absolute Gasteiger partial charge is 0.333 e. The van der Waals surface area contributed by atoms with Crippen molar-refractivity contribution in [1.82, 2.24) is 30.0 Å². The van der Waals surface area contributed by atoms with Crippen LogP contribution in [0.5, 0.6) is 0 Å². The fourth-order valence-electron chi connectivity index (χ4n) is 3.11. The van der Waals surface area contributed by atoms with E-state index in [2.05, 4.69) is 44.1 Å². The van der Waals surface area contributed by atoms with Crippen LogP contribution in [0.1, 0.15) is 21.1 Å². The number of carbonyl (C=O) groups excluding carboxylic acids is 1. The van der Waals surface area contributed by atoms with Gasteiger partial charge in [-0.15, -0.1) is 11.3 Å². The van der Waals surface area contributed by atoms with Crippen molar-refractivity contribution >= 4 is 17.2 Å². The Morgan fingerprint density at radius 3 is 2.73 bits per heavy atom. The highest BCUT2D eigenvalue weighted by Gasteiger charge is 2.24. The van der Waals surface area contributed by atoms with Crippen molar-refractivity contribution in [3.05, 3.63) is 53.1 Å². The van der Waals surface area contributed by atoms with Crippen molar-refractivity contribution in [3.63, 3.8) is 0 Å². The van der Waals surface area contributed by atoms with Gasteiger partial charge in [0.2, 0.25) is 5.82 Å². The van der Waals surface area contributed by atoms with Crippen LogP contribution in [-0.2, 0) is 6.54 Å². The molecule has 7 nitrogen and oxygen atoms in total. The maximum absolute atomic E-state index is 12.3. The molecule has 1 fully saturated rings. The van der Waals surface area contributed by atoms with Gasteiger partial charge in [0, 0.05) is 49.4 Å². The number of rotatable bonds is 4. The van der Waals surface area contributed by atoms with E-state index in [4.69, 9.17) is 0 Å². The zero-order valence-electron chi connectivity index (χ0n) is 14.6. The molecule has 0 bridgehead atoms. The summed E-state index contributed by atoms with van der Waals surface area (Å²) in [6.45, 7) is 6.07. The summed E-state index contributed by atoms with van der Waals surface area (Å²) in [6.07, 6.45) is 3.33. The third-order valence-corrected chi connectivity index (χ3v) is 5.60. The highest BCUT2D eigenvalue weighted by Crippen LogP contribution is 2.28. The van der Waals surface area contributed by atoms with Crippen LogP contribution in [0.25, 0.3) is 10.6 Å². The molecule has 2 aromatic heterocycles. The average Bonchev–Trinajstić information content (AvgIpc) is 3.34. The minimum Gasteiger partial charge on any atom is -0.333 e. The van der Waals surface area contributed by atoms with E-state index < -0.39 is 0 Å². The van der Waals surface area contributed by atoms with Gasteiger partial charge in [0.1, 0.15) is 11.3 Å². The van der Waals surface area contributed by atoms with Gasteiger partial charge in [0.25, 0.3) is 5.91 Å². The summed E-state index contributed by atoms with van der Waals surface area (Å²) >= 11 is 1.74. The van der Waals surface area contributed by atoms with Crippen LogP contribution >= 0.6 is 11.3 Å². The van der Waals surface area contributed by atoms with Crippen molar-refractivity contribution < 1.29 is 4.79 Å². The molecule has 1 saturated heterocycles. The van der Waals surface area contributed by atoms with Crippen LogP contribution in [0, 0.1) is 6.92 Å².